The van der Waals surface area contributed by atoms with E-state index in [9.17, 15) is 5.02 Å². The Morgan fingerprint density at radius 2 is 2.15 bits per heavy atom. The molecule has 4 heteroatoms. The van der Waals surface area contributed by atoms with Crippen molar-refractivity contribution < 1.29 is 9.76 Å². The van der Waals surface area contributed by atoms with Crippen LogP contribution in [0.4, 0.5) is 0 Å². The minimum Gasteiger partial charge on any atom is -0.497 e. The van der Waals surface area contributed by atoms with Crippen molar-refractivity contribution >= 4 is 18.5 Å². The second-order valence-corrected chi connectivity index (χ2v) is 5.52. The maximum atomic E-state index is 9.73. The molecule has 0 saturated carbocycles. The maximum absolute atomic E-state index is 9.73. The topological polar surface area (TPSA) is 41.5 Å². The summed E-state index contributed by atoms with van der Waals surface area (Å²) >= 11 is 0. The van der Waals surface area contributed by atoms with E-state index in [0.29, 0.717) is 5.92 Å². The van der Waals surface area contributed by atoms with Gasteiger partial charge >= 0.3 is 6.92 Å². The summed E-state index contributed by atoms with van der Waals surface area (Å²) in [5, 5.41) is 13.2. The molecule has 1 aliphatic rings. The van der Waals surface area contributed by atoms with Crippen molar-refractivity contribution in [2.24, 2.45) is 5.92 Å². The summed E-state index contributed by atoms with van der Waals surface area (Å²) in [6, 6.07) is 5.92. The number of ether oxygens (including phenoxy) is 1. The molecule has 1 heterocycles. The molecular weight excluding hydrogens is 249 g/mol. The molecule has 0 spiro atoms. The van der Waals surface area contributed by atoms with Crippen molar-refractivity contribution in [3.8, 4) is 5.75 Å². The Labute approximate surface area is 122 Å². The first-order valence-corrected chi connectivity index (χ1v) is 7.45. The molecule has 0 aromatic heterocycles. The van der Waals surface area contributed by atoms with Gasteiger partial charge in [0, 0.05) is 0 Å². The molecule has 0 bridgehead atoms. The van der Waals surface area contributed by atoms with Crippen molar-refractivity contribution in [1.82, 2.24) is 5.32 Å². The standard InChI is InChI=1S/C16H24BNO2/c1-17(19)15-10-14(11-16(12-15)20-2)6-5-13-4-3-8-18-9-7-13/h5-6,10-13,18-19H,3-4,7-9H2,1-2H3/b6-5+. The van der Waals surface area contributed by atoms with E-state index in [1.807, 2.05) is 18.2 Å². The highest BCUT2D eigenvalue weighted by Gasteiger charge is 2.10. The molecule has 20 heavy (non-hydrogen) atoms. The van der Waals surface area contributed by atoms with Crippen molar-refractivity contribution in [1.29, 1.82) is 0 Å². The van der Waals surface area contributed by atoms with Gasteiger partial charge in [-0.25, -0.2) is 0 Å². The normalized spacial score (nSPS) is 19.9. The summed E-state index contributed by atoms with van der Waals surface area (Å²) in [5.74, 6) is 1.44. The minimum atomic E-state index is -0.473. The number of hydrogen-bond acceptors (Lipinski definition) is 3. The number of rotatable bonds is 4. The Bertz CT molecular complexity index is 452. The van der Waals surface area contributed by atoms with Crippen molar-refractivity contribution in [2.75, 3.05) is 20.2 Å². The molecule has 0 radical (unpaired) electrons. The van der Waals surface area contributed by atoms with Crippen molar-refractivity contribution in [2.45, 2.75) is 26.1 Å². The van der Waals surface area contributed by atoms with Crippen molar-refractivity contribution in [3.63, 3.8) is 0 Å². The zero-order valence-electron chi connectivity index (χ0n) is 12.4. The first-order chi connectivity index (χ1) is 9.69. The molecule has 0 aliphatic carbocycles. The zero-order valence-corrected chi connectivity index (χ0v) is 12.4. The molecule has 1 aromatic rings. The van der Waals surface area contributed by atoms with E-state index in [2.05, 4.69) is 17.5 Å². The van der Waals surface area contributed by atoms with Crippen LogP contribution >= 0.6 is 0 Å². The van der Waals surface area contributed by atoms with Crippen LogP contribution in [0.15, 0.2) is 24.3 Å². The lowest BCUT2D eigenvalue weighted by Gasteiger charge is -2.09. The Morgan fingerprint density at radius 3 is 2.90 bits per heavy atom. The van der Waals surface area contributed by atoms with Crippen LogP contribution in [-0.4, -0.2) is 32.1 Å². The largest absolute Gasteiger partial charge is 0.497 e. The average Bonchev–Trinajstić information content (AvgIpc) is 2.73. The molecule has 1 fully saturated rings. The second-order valence-electron chi connectivity index (χ2n) is 5.52. The van der Waals surface area contributed by atoms with Gasteiger partial charge in [-0.1, -0.05) is 25.0 Å². The summed E-state index contributed by atoms with van der Waals surface area (Å²) < 4.78 is 5.30. The van der Waals surface area contributed by atoms with Crippen LogP contribution < -0.4 is 15.5 Å². The molecule has 1 unspecified atom stereocenters. The number of benzene rings is 1. The van der Waals surface area contributed by atoms with Crippen LogP contribution in [0.5, 0.6) is 5.75 Å². The molecule has 0 amide bonds. The number of methoxy groups -OCH3 is 1. The highest BCUT2D eigenvalue weighted by Crippen LogP contribution is 2.18. The third kappa shape index (κ3) is 4.39. The Hall–Kier alpha value is -1.26. The van der Waals surface area contributed by atoms with Gasteiger partial charge in [-0.15, -0.1) is 0 Å². The minimum absolute atomic E-state index is 0.473. The number of hydrogen-bond donors (Lipinski definition) is 2. The molecule has 1 aromatic carbocycles. The average molecular weight is 273 g/mol. The Kier molecular flexibility index (Phi) is 5.68. The first kappa shape index (κ1) is 15.1. The molecule has 1 saturated heterocycles. The zero-order chi connectivity index (χ0) is 14.4. The first-order valence-electron chi connectivity index (χ1n) is 7.45. The van der Waals surface area contributed by atoms with Crippen LogP contribution in [0.3, 0.4) is 0 Å². The maximum Gasteiger partial charge on any atom is 0.320 e. The van der Waals surface area contributed by atoms with Crippen LogP contribution in [0.2, 0.25) is 6.82 Å². The Morgan fingerprint density at radius 1 is 1.30 bits per heavy atom. The van der Waals surface area contributed by atoms with Crippen LogP contribution in [-0.2, 0) is 0 Å². The van der Waals surface area contributed by atoms with Gasteiger partial charge in [0.25, 0.3) is 0 Å². The van der Waals surface area contributed by atoms with Gasteiger partial charge in [0.15, 0.2) is 0 Å². The predicted molar refractivity (Wildman–Crippen MR) is 85.7 cm³/mol. The molecule has 108 valence electrons. The molecule has 1 aliphatic heterocycles. The lowest BCUT2D eigenvalue weighted by Crippen LogP contribution is -2.26. The molecule has 1 atom stereocenters. The lowest BCUT2D eigenvalue weighted by molar-refractivity contribution is 0.415. The van der Waals surface area contributed by atoms with E-state index in [4.69, 9.17) is 4.74 Å². The fraction of sp³-hybridized carbons (Fsp3) is 0.500. The van der Waals surface area contributed by atoms with E-state index in [-0.39, 0.29) is 0 Å². The van der Waals surface area contributed by atoms with Gasteiger partial charge in [-0.2, -0.15) is 0 Å². The summed E-state index contributed by atoms with van der Waals surface area (Å²) in [7, 11) is 1.66. The second kappa shape index (κ2) is 7.51. The third-order valence-corrected chi connectivity index (χ3v) is 3.85. The summed E-state index contributed by atoms with van der Waals surface area (Å²) in [6.07, 6.45) is 8.14. The van der Waals surface area contributed by atoms with Crippen LogP contribution in [0.25, 0.3) is 6.08 Å². The van der Waals surface area contributed by atoms with Crippen LogP contribution in [0.1, 0.15) is 24.8 Å². The molecule has 2 N–H and O–H groups in total. The van der Waals surface area contributed by atoms with Gasteiger partial charge in [0.2, 0.25) is 0 Å². The third-order valence-electron chi connectivity index (χ3n) is 3.85. The van der Waals surface area contributed by atoms with Crippen molar-refractivity contribution in [3.05, 3.63) is 29.8 Å². The summed E-state index contributed by atoms with van der Waals surface area (Å²) in [4.78, 5) is 0. The smallest absolute Gasteiger partial charge is 0.320 e. The van der Waals surface area contributed by atoms with E-state index >= 15 is 0 Å². The van der Waals surface area contributed by atoms with Gasteiger partial charge in [0.05, 0.1) is 7.11 Å². The molecular formula is C16H24BNO2. The molecule has 3 nitrogen and oxygen atoms in total. The van der Waals surface area contributed by atoms with Crippen LogP contribution in [0, 0.1) is 5.92 Å². The monoisotopic (exact) mass is 273 g/mol. The van der Waals surface area contributed by atoms with Gasteiger partial charge in [0.1, 0.15) is 5.75 Å². The highest BCUT2D eigenvalue weighted by atomic mass is 16.5. The quantitative estimate of drug-likeness (QED) is 0.823. The van der Waals surface area contributed by atoms with Gasteiger partial charge in [-0.3, -0.25) is 0 Å². The fourth-order valence-electron chi connectivity index (χ4n) is 2.59. The number of nitrogens with one attached hydrogen (secondary N) is 1. The Balaban J connectivity index is 2.12. The van der Waals surface area contributed by atoms with E-state index in [1.54, 1.807) is 13.9 Å². The van der Waals surface area contributed by atoms with Gasteiger partial charge in [-0.05, 0) is 61.4 Å². The van der Waals surface area contributed by atoms with E-state index in [0.717, 1.165) is 29.9 Å². The highest BCUT2D eigenvalue weighted by molar-refractivity contribution is 6.64. The SMILES string of the molecule is COc1cc(/C=C/C2CCCNCC2)cc(B(C)O)c1. The lowest BCUT2D eigenvalue weighted by atomic mass is 9.64. The summed E-state index contributed by atoms with van der Waals surface area (Å²) in [5.41, 5.74) is 1.99. The number of allylic oxidation sites excluding steroid dienone is 1. The van der Waals surface area contributed by atoms with Gasteiger partial charge < -0.3 is 15.1 Å². The van der Waals surface area contributed by atoms with E-state index < -0.39 is 6.92 Å². The predicted octanol–water partition coefficient (Wildman–Crippen LogP) is 1.92. The summed E-state index contributed by atoms with van der Waals surface area (Å²) in [6.45, 7) is 3.54. The fourth-order valence-corrected chi connectivity index (χ4v) is 2.59. The molecule has 2 rings (SSSR count). The van der Waals surface area contributed by atoms with E-state index in [1.165, 1.54) is 19.3 Å².